The summed E-state index contributed by atoms with van der Waals surface area (Å²) in [6.07, 6.45) is 12.4. The van der Waals surface area contributed by atoms with E-state index in [1.54, 1.807) is 17.5 Å². The number of aromatic nitrogens is 4. The summed E-state index contributed by atoms with van der Waals surface area (Å²) >= 11 is 1.70. The Morgan fingerprint density at radius 1 is 1.08 bits per heavy atom. The zero-order valence-corrected chi connectivity index (χ0v) is 22.8. The number of pyridine rings is 1. The molecule has 0 radical (unpaired) electrons. The van der Waals surface area contributed by atoms with E-state index in [0.717, 1.165) is 83.4 Å². The van der Waals surface area contributed by atoms with Crippen LogP contribution < -0.4 is 10.1 Å². The maximum Gasteiger partial charge on any atom is 0.184 e. The minimum Gasteiger partial charge on any atom is -0.457 e. The van der Waals surface area contributed by atoms with Crippen molar-refractivity contribution < 1.29 is 9.47 Å². The van der Waals surface area contributed by atoms with E-state index in [1.807, 2.05) is 35.1 Å². The zero-order valence-electron chi connectivity index (χ0n) is 22.0. The molecule has 2 aliphatic rings. The van der Waals surface area contributed by atoms with Crippen LogP contribution in [0.1, 0.15) is 39.0 Å². The molecule has 0 bridgehead atoms. The number of ether oxygens (including phenoxy) is 2. The highest BCUT2D eigenvalue weighted by atomic mass is 32.1. The molecule has 2 fully saturated rings. The molecule has 1 N–H and O–H groups in total. The fraction of sp³-hybridized carbons (Fsp3) is 0.483. The lowest BCUT2D eigenvalue weighted by atomic mass is 9.85. The first-order chi connectivity index (χ1) is 18.7. The van der Waals surface area contributed by atoms with Crippen molar-refractivity contribution in [1.29, 1.82) is 0 Å². The topological polar surface area (TPSA) is 77.3 Å². The molecule has 0 spiro atoms. The fourth-order valence-corrected chi connectivity index (χ4v) is 6.42. The smallest absolute Gasteiger partial charge is 0.184 e. The van der Waals surface area contributed by atoms with Crippen LogP contribution >= 0.6 is 11.3 Å². The molecule has 1 atom stereocenters. The lowest BCUT2D eigenvalue weighted by Crippen LogP contribution is -2.38. The minimum atomic E-state index is 0.450. The Labute approximate surface area is 228 Å². The third-order valence-electron chi connectivity index (χ3n) is 7.71. The summed E-state index contributed by atoms with van der Waals surface area (Å²) in [5, 5.41) is 9.20. The van der Waals surface area contributed by atoms with Gasteiger partial charge in [0.05, 0.1) is 41.9 Å². The number of thiazole rings is 1. The van der Waals surface area contributed by atoms with Gasteiger partial charge in [0.1, 0.15) is 11.5 Å². The summed E-state index contributed by atoms with van der Waals surface area (Å²) in [4.78, 5) is 11.8. The van der Waals surface area contributed by atoms with Crippen LogP contribution in [0.2, 0.25) is 0 Å². The van der Waals surface area contributed by atoms with E-state index in [1.165, 1.54) is 32.1 Å². The van der Waals surface area contributed by atoms with Gasteiger partial charge in [-0.2, -0.15) is 5.10 Å². The molecule has 3 aromatic heterocycles. The third kappa shape index (κ3) is 6.17. The van der Waals surface area contributed by atoms with Crippen molar-refractivity contribution in [3.63, 3.8) is 0 Å². The lowest BCUT2D eigenvalue weighted by Gasteiger charge is -2.28. The van der Waals surface area contributed by atoms with Crippen molar-refractivity contribution >= 4 is 26.7 Å². The second kappa shape index (κ2) is 11.8. The molecular weight excluding hydrogens is 496 g/mol. The lowest BCUT2D eigenvalue weighted by molar-refractivity contribution is 0.0360. The highest BCUT2D eigenvalue weighted by molar-refractivity contribution is 7.22. The van der Waals surface area contributed by atoms with Crippen molar-refractivity contribution in [2.75, 3.05) is 38.2 Å². The number of morpholine rings is 1. The van der Waals surface area contributed by atoms with Crippen LogP contribution in [0, 0.1) is 5.92 Å². The van der Waals surface area contributed by atoms with E-state index in [0.29, 0.717) is 6.04 Å². The Bertz CT molecular complexity index is 1340. The second-order valence-electron chi connectivity index (χ2n) is 10.4. The van der Waals surface area contributed by atoms with E-state index < -0.39 is 0 Å². The van der Waals surface area contributed by atoms with Crippen LogP contribution in [0.3, 0.4) is 0 Å². The minimum absolute atomic E-state index is 0.450. The monoisotopic (exact) mass is 532 g/mol. The van der Waals surface area contributed by atoms with Gasteiger partial charge in [0.2, 0.25) is 0 Å². The maximum absolute atomic E-state index is 6.24. The van der Waals surface area contributed by atoms with Gasteiger partial charge in [0, 0.05) is 55.8 Å². The molecule has 9 heteroatoms. The largest absolute Gasteiger partial charge is 0.457 e. The summed E-state index contributed by atoms with van der Waals surface area (Å²) < 4.78 is 14.8. The Balaban J connectivity index is 1.09. The molecule has 200 valence electrons. The predicted molar refractivity (Wildman–Crippen MR) is 152 cm³/mol. The number of fused-ring (bicyclic) bond motifs is 1. The van der Waals surface area contributed by atoms with Gasteiger partial charge in [-0.3, -0.25) is 14.6 Å². The van der Waals surface area contributed by atoms with Crippen LogP contribution in [0.5, 0.6) is 11.5 Å². The number of hydrogen-bond acceptors (Lipinski definition) is 8. The molecule has 1 aliphatic heterocycles. The van der Waals surface area contributed by atoms with E-state index in [4.69, 9.17) is 14.5 Å². The molecule has 6 rings (SSSR count). The van der Waals surface area contributed by atoms with Crippen LogP contribution in [0.15, 0.2) is 48.9 Å². The van der Waals surface area contributed by atoms with Gasteiger partial charge >= 0.3 is 0 Å². The van der Waals surface area contributed by atoms with Gasteiger partial charge in [0.25, 0.3) is 0 Å². The average molecular weight is 533 g/mol. The van der Waals surface area contributed by atoms with E-state index in [2.05, 4.69) is 39.5 Å². The van der Waals surface area contributed by atoms with Gasteiger partial charge < -0.3 is 14.8 Å². The first-order valence-corrected chi connectivity index (χ1v) is 14.7. The highest BCUT2D eigenvalue weighted by Gasteiger charge is 2.21. The Kier molecular flexibility index (Phi) is 7.85. The molecule has 38 heavy (non-hydrogen) atoms. The SMILES string of the molecule is C[C@H](Nc1nc2ccc(Oc3ccnc(-c4cnn(CCN5CCOCC5)c4)c3)cc2s1)C1CCCCC1. The first-order valence-electron chi connectivity index (χ1n) is 13.8. The van der Waals surface area contributed by atoms with Crippen molar-refractivity contribution in [2.24, 2.45) is 5.92 Å². The van der Waals surface area contributed by atoms with Gasteiger partial charge in [-0.25, -0.2) is 4.98 Å². The Morgan fingerprint density at radius 2 is 1.92 bits per heavy atom. The molecule has 0 unspecified atom stereocenters. The number of nitrogens with one attached hydrogen (secondary N) is 1. The van der Waals surface area contributed by atoms with E-state index >= 15 is 0 Å². The van der Waals surface area contributed by atoms with Crippen molar-refractivity contribution in [3.8, 4) is 22.8 Å². The predicted octanol–water partition coefficient (Wildman–Crippen LogP) is 6.06. The molecule has 4 aromatic rings. The summed E-state index contributed by atoms with van der Waals surface area (Å²) in [6, 6.07) is 10.4. The molecular formula is C29H36N6O2S. The van der Waals surface area contributed by atoms with Gasteiger partial charge in [-0.05, 0) is 43.9 Å². The van der Waals surface area contributed by atoms with E-state index in [-0.39, 0.29) is 0 Å². The number of nitrogens with zero attached hydrogens (tertiary/aromatic N) is 5. The van der Waals surface area contributed by atoms with E-state index in [9.17, 15) is 0 Å². The summed E-state index contributed by atoms with van der Waals surface area (Å²) in [5.41, 5.74) is 2.83. The molecule has 0 amide bonds. The summed E-state index contributed by atoms with van der Waals surface area (Å²) in [6.45, 7) is 7.72. The standard InChI is InChI=1S/C29H36N6O2S/c1-21(22-5-3-2-4-6-22)32-29-33-26-8-7-24(18-28(26)38-29)37-25-9-10-30-27(17-25)23-19-31-35(20-23)12-11-34-13-15-36-16-14-34/h7-10,17-22H,2-6,11-16H2,1H3,(H,32,33)/t21-/m0/s1. The van der Waals surface area contributed by atoms with Crippen LogP contribution in [0.4, 0.5) is 5.13 Å². The van der Waals surface area contributed by atoms with Gasteiger partial charge in [0.15, 0.2) is 5.13 Å². The van der Waals surface area contributed by atoms with Crippen LogP contribution in [-0.4, -0.2) is 63.5 Å². The molecule has 8 nitrogen and oxygen atoms in total. The zero-order chi connectivity index (χ0) is 25.7. The van der Waals surface area contributed by atoms with Crippen molar-refractivity contribution in [2.45, 2.75) is 51.6 Å². The molecule has 1 aromatic carbocycles. The first kappa shape index (κ1) is 25.3. The summed E-state index contributed by atoms with van der Waals surface area (Å²) in [5.74, 6) is 2.29. The van der Waals surface area contributed by atoms with Crippen LogP contribution in [0.25, 0.3) is 21.5 Å². The third-order valence-corrected chi connectivity index (χ3v) is 8.66. The number of rotatable bonds is 9. The normalized spacial score (nSPS) is 18.0. The van der Waals surface area contributed by atoms with Gasteiger partial charge in [-0.1, -0.05) is 30.6 Å². The Hall–Kier alpha value is -3.01. The maximum atomic E-state index is 6.24. The average Bonchev–Trinajstić information content (AvgIpc) is 3.60. The highest BCUT2D eigenvalue weighted by Crippen LogP contribution is 2.34. The Morgan fingerprint density at radius 3 is 2.79 bits per heavy atom. The molecule has 1 aliphatic carbocycles. The summed E-state index contributed by atoms with van der Waals surface area (Å²) in [7, 11) is 0. The number of anilines is 1. The van der Waals surface area contributed by atoms with Gasteiger partial charge in [-0.15, -0.1) is 0 Å². The molecule has 1 saturated heterocycles. The number of benzene rings is 1. The van der Waals surface area contributed by atoms with Crippen molar-refractivity contribution in [1.82, 2.24) is 24.6 Å². The van der Waals surface area contributed by atoms with Crippen LogP contribution in [-0.2, 0) is 11.3 Å². The fourth-order valence-electron chi connectivity index (χ4n) is 5.43. The van der Waals surface area contributed by atoms with Crippen molar-refractivity contribution in [3.05, 3.63) is 48.9 Å². The second-order valence-corrected chi connectivity index (χ2v) is 11.4. The number of hydrogen-bond donors (Lipinski definition) is 1. The molecule has 4 heterocycles. The molecule has 1 saturated carbocycles. The quantitative estimate of drug-likeness (QED) is 0.281.